The third kappa shape index (κ3) is 4.51. The van der Waals surface area contributed by atoms with Gasteiger partial charge in [-0.25, -0.2) is 4.98 Å². The van der Waals surface area contributed by atoms with Crippen LogP contribution in [0.15, 0.2) is 65.7 Å². The second-order valence-corrected chi connectivity index (χ2v) is 8.10. The maximum atomic E-state index is 13.0. The van der Waals surface area contributed by atoms with E-state index in [0.717, 1.165) is 35.3 Å². The normalized spacial score (nSPS) is 13.5. The molecular formula is C23H20IN3O. The number of hydrogen-bond acceptors (Lipinski definition) is 3. The molecule has 4 rings (SSSR count). The predicted molar refractivity (Wildman–Crippen MR) is 119 cm³/mol. The number of aromatic nitrogens is 2. The van der Waals surface area contributed by atoms with E-state index in [1.807, 2.05) is 42.5 Å². The van der Waals surface area contributed by atoms with Crippen molar-refractivity contribution in [2.45, 2.75) is 19.5 Å². The van der Waals surface area contributed by atoms with E-state index >= 15 is 0 Å². The van der Waals surface area contributed by atoms with Crippen molar-refractivity contribution in [2.24, 2.45) is 0 Å². The summed E-state index contributed by atoms with van der Waals surface area (Å²) >= 11 is 2.29. The molecule has 5 heteroatoms. The zero-order valence-electron chi connectivity index (χ0n) is 15.4. The highest BCUT2D eigenvalue weighted by Gasteiger charge is 2.20. The van der Waals surface area contributed by atoms with Crippen LogP contribution in [-0.2, 0) is 19.5 Å². The van der Waals surface area contributed by atoms with Gasteiger partial charge in [-0.1, -0.05) is 42.2 Å². The maximum absolute atomic E-state index is 13.0. The standard InChI is InChI=1S/C23H20IN3O/c24-20-10-8-18(9-11-20)7-4-13-26-14-12-22-21(16-26)23(28)27(17-25-22)15-19-5-2-1-3-6-19/h1-3,5-6,8-11,17H,12-16H2. The van der Waals surface area contributed by atoms with Gasteiger partial charge in [-0.2, -0.15) is 0 Å². The number of nitrogens with zero attached hydrogens (tertiary/aromatic N) is 3. The lowest BCUT2D eigenvalue weighted by Crippen LogP contribution is -2.38. The van der Waals surface area contributed by atoms with Crippen LogP contribution >= 0.6 is 22.6 Å². The Morgan fingerprint density at radius 1 is 1.07 bits per heavy atom. The average Bonchev–Trinajstić information content (AvgIpc) is 2.73. The van der Waals surface area contributed by atoms with E-state index in [1.165, 1.54) is 3.57 Å². The third-order valence-electron chi connectivity index (χ3n) is 4.84. The Morgan fingerprint density at radius 2 is 1.86 bits per heavy atom. The molecule has 28 heavy (non-hydrogen) atoms. The molecule has 0 saturated heterocycles. The lowest BCUT2D eigenvalue weighted by atomic mass is 10.1. The summed E-state index contributed by atoms with van der Waals surface area (Å²) in [5, 5.41) is 0. The van der Waals surface area contributed by atoms with E-state index in [2.05, 4.69) is 56.4 Å². The molecule has 0 radical (unpaired) electrons. The fourth-order valence-electron chi connectivity index (χ4n) is 3.32. The van der Waals surface area contributed by atoms with E-state index in [0.29, 0.717) is 19.6 Å². The van der Waals surface area contributed by atoms with Gasteiger partial charge >= 0.3 is 0 Å². The van der Waals surface area contributed by atoms with Crippen molar-refractivity contribution in [3.63, 3.8) is 0 Å². The number of halogens is 1. The SMILES string of the molecule is O=c1c2c(ncn1Cc1ccccc1)CCN(CC#Cc1ccc(I)cc1)C2. The first-order valence-corrected chi connectivity index (χ1v) is 10.3. The molecule has 4 nitrogen and oxygen atoms in total. The minimum absolute atomic E-state index is 0.0594. The molecule has 0 N–H and O–H groups in total. The van der Waals surface area contributed by atoms with Crippen molar-refractivity contribution >= 4 is 22.6 Å². The van der Waals surface area contributed by atoms with Gasteiger partial charge in [0.1, 0.15) is 0 Å². The van der Waals surface area contributed by atoms with Crippen LogP contribution in [0.2, 0.25) is 0 Å². The van der Waals surface area contributed by atoms with Gasteiger partial charge in [0.15, 0.2) is 0 Å². The number of benzene rings is 2. The highest BCUT2D eigenvalue weighted by Crippen LogP contribution is 2.13. The number of hydrogen-bond donors (Lipinski definition) is 0. The quantitative estimate of drug-likeness (QED) is 0.426. The van der Waals surface area contributed by atoms with Crippen molar-refractivity contribution in [1.29, 1.82) is 0 Å². The van der Waals surface area contributed by atoms with Gasteiger partial charge in [-0.15, -0.1) is 0 Å². The Hall–Kier alpha value is -2.43. The van der Waals surface area contributed by atoms with Crippen molar-refractivity contribution < 1.29 is 0 Å². The number of rotatable bonds is 3. The molecule has 0 atom stereocenters. The van der Waals surface area contributed by atoms with Crippen molar-refractivity contribution in [3.8, 4) is 11.8 Å². The Kier molecular flexibility index (Phi) is 5.89. The summed E-state index contributed by atoms with van der Waals surface area (Å²) in [6.45, 7) is 2.69. The zero-order valence-corrected chi connectivity index (χ0v) is 17.6. The van der Waals surface area contributed by atoms with Crippen LogP contribution in [0.4, 0.5) is 0 Å². The molecule has 0 unspecified atom stereocenters. The van der Waals surface area contributed by atoms with Gasteiger partial charge in [0.2, 0.25) is 0 Å². The molecule has 2 aromatic carbocycles. The molecule has 1 aromatic heterocycles. The minimum Gasteiger partial charge on any atom is -0.294 e. The van der Waals surface area contributed by atoms with E-state index in [-0.39, 0.29) is 5.56 Å². The van der Waals surface area contributed by atoms with Crippen LogP contribution < -0.4 is 5.56 Å². The first kappa shape index (κ1) is 18.9. The number of fused-ring (bicyclic) bond motifs is 1. The van der Waals surface area contributed by atoms with Gasteiger partial charge in [-0.3, -0.25) is 14.3 Å². The lowest BCUT2D eigenvalue weighted by molar-refractivity contribution is 0.280. The van der Waals surface area contributed by atoms with Gasteiger partial charge in [0, 0.05) is 28.6 Å². The van der Waals surface area contributed by atoms with Crippen LogP contribution in [0, 0.1) is 15.4 Å². The summed E-state index contributed by atoms with van der Waals surface area (Å²) in [4.78, 5) is 19.7. The van der Waals surface area contributed by atoms with Crippen LogP contribution in [-0.4, -0.2) is 27.5 Å². The molecule has 0 aliphatic carbocycles. The largest absolute Gasteiger partial charge is 0.294 e. The summed E-state index contributed by atoms with van der Waals surface area (Å²) < 4.78 is 2.91. The second kappa shape index (κ2) is 8.72. The second-order valence-electron chi connectivity index (χ2n) is 6.86. The Bertz CT molecular complexity index is 1080. The zero-order chi connectivity index (χ0) is 19.3. The van der Waals surface area contributed by atoms with Gasteiger partial charge in [-0.05, 0) is 52.4 Å². The Balaban J connectivity index is 1.47. The molecule has 2 heterocycles. The summed E-state index contributed by atoms with van der Waals surface area (Å²) in [6, 6.07) is 18.2. The van der Waals surface area contributed by atoms with Crippen LogP contribution in [0.1, 0.15) is 22.4 Å². The van der Waals surface area contributed by atoms with E-state index in [9.17, 15) is 4.79 Å². The van der Waals surface area contributed by atoms with Crippen LogP contribution in [0.3, 0.4) is 0 Å². The fraction of sp³-hybridized carbons (Fsp3) is 0.217. The molecule has 0 spiro atoms. The van der Waals surface area contributed by atoms with Crippen LogP contribution in [0.25, 0.3) is 0 Å². The molecule has 0 fully saturated rings. The topological polar surface area (TPSA) is 38.1 Å². The molecule has 0 amide bonds. The highest BCUT2D eigenvalue weighted by atomic mass is 127. The average molecular weight is 481 g/mol. The molecular weight excluding hydrogens is 461 g/mol. The summed E-state index contributed by atoms with van der Waals surface area (Å²) in [7, 11) is 0. The summed E-state index contributed by atoms with van der Waals surface area (Å²) in [5.74, 6) is 6.45. The van der Waals surface area contributed by atoms with Gasteiger partial charge < -0.3 is 0 Å². The minimum atomic E-state index is 0.0594. The summed E-state index contributed by atoms with van der Waals surface area (Å²) in [6.07, 6.45) is 2.47. The monoisotopic (exact) mass is 481 g/mol. The molecule has 0 bridgehead atoms. The summed E-state index contributed by atoms with van der Waals surface area (Å²) in [5.41, 5.74) is 3.91. The van der Waals surface area contributed by atoms with E-state index < -0.39 is 0 Å². The maximum Gasteiger partial charge on any atom is 0.258 e. The fourth-order valence-corrected chi connectivity index (χ4v) is 3.68. The molecule has 3 aromatic rings. The van der Waals surface area contributed by atoms with Crippen molar-refractivity contribution in [1.82, 2.24) is 14.5 Å². The van der Waals surface area contributed by atoms with Crippen LogP contribution in [0.5, 0.6) is 0 Å². The first-order valence-electron chi connectivity index (χ1n) is 9.27. The van der Waals surface area contributed by atoms with Gasteiger partial charge in [0.05, 0.1) is 30.7 Å². The van der Waals surface area contributed by atoms with Crippen molar-refractivity contribution in [3.05, 3.63) is 97.2 Å². The third-order valence-corrected chi connectivity index (χ3v) is 5.56. The van der Waals surface area contributed by atoms with Crippen molar-refractivity contribution in [2.75, 3.05) is 13.1 Å². The van der Waals surface area contributed by atoms with Gasteiger partial charge in [0.25, 0.3) is 5.56 Å². The molecule has 140 valence electrons. The first-order chi connectivity index (χ1) is 13.7. The Morgan fingerprint density at radius 3 is 2.64 bits per heavy atom. The molecule has 1 aliphatic heterocycles. The van der Waals surface area contributed by atoms with E-state index in [1.54, 1.807) is 10.9 Å². The predicted octanol–water partition coefficient (Wildman–Crippen LogP) is 3.31. The Labute approximate surface area is 178 Å². The molecule has 1 aliphatic rings. The smallest absolute Gasteiger partial charge is 0.258 e. The highest BCUT2D eigenvalue weighted by molar-refractivity contribution is 14.1. The van der Waals surface area contributed by atoms with E-state index in [4.69, 9.17) is 0 Å². The lowest BCUT2D eigenvalue weighted by Gasteiger charge is -2.26. The molecule has 0 saturated carbocycles.